The molecule has 1 aromatic rings. The summed E-state index contributed by atoms with van der Waals surface area (Å²) in [7, 11) is 0. The normalized spacial score (nSPS) is 21.7. The number of halogens is 3. The van der Waals surface area contributed by atoms with Crippen molar-refractivity contribution in [1.82, 2.24) is 9.88 Å². The number of carbonyl (C=O) groups is 1. The van der Waals surface area contributed by atoms with E-state index in [4.69, 9.17) is 9.47 Å². The Kier molecular flexibility index (Phi) is 5.98. The second-order valence-electron chi connectivity index (χ2n) is 6.42. The van der Waals surface area contributed by atoms with Crippen molar-refractivity contribution in [1.29, 1.82) is 0 Å². The fraction of sp³-hybridized carbons (Fsp3) is 0.647. The van der Waals surface area contributed by atoms with Gasteiger partial charge in [0.05, 0.1) is 18.3 Å². The number of nitrogens with zero attached hydrogens (tertiary/aromatic N) is 3. The predicted molar refractivity (Wildman–Crippen MR) is 87.8 cm³/mol. The van der Waals surface area contributed by atoms with E-state index in [1.807, 2.05) is 4.90 Å². The van der Waals surface area contributed by atoms with Gasteiger partial charge < -0.3 is 19.3 Å². The smallest absolute Gasteiger partial charge is 0.379 e. The van der Waals surface area contributed by atoms with E-state index in [1.165, 1.54) is 6.07 Å². The number of hydrogen-bond acceptors (Lipinski definition) is 5. The molecule has 2 aliphatic heterocycles. The number of pyridine rings is 1. The van der Waals surface area contributed by atoms with E-state index < -0.39 is 11.7 Å². The molecule has 3 rings (SSSR count). The van der Waals surface area contributed by atoms with Crippen molar-refractivity contribution in [2.45, 2.75) is 25.1 Å². The quantitative estimate of drug-likeness (QED) is 0.808. The van der Waals surface area contributed by atoms with Crippen molar-refractivity contribution < 1.29 is 27.4 Å². The second-order valence-corrected chi connectivity index (χ2v) is 6.42. The first-order valence-corrected chi connectivity index (χ1v) is 8.69. The highest BCUT2D eigenvalue weighted by molar-refractivity contribution is 5.77. The lowest BCUT2D eigenvalue weighted by atomic mass is 10.2. The number of anilines is 1. The third-order valence-electron chi connectivity index (χ3n) is 4.58. The van der Waals surface area contributed by atoms with E-state index in [-0.39, 0.29) is 18.6 Å². The van der Waals surface area contributed by atoms with Crippen LogP contribution in [-0.4, -0.2) is 67.9 Å². The van der Waals surface area contributed by atoms with Crippen LogP contribution in [0.3, 0.4) is 0 Å². The van der Waals surface area contributed by atoms with Crippen molar-refractivity contribution in [3.8, 4) is 0 Å². The molecule has 1 amide bonds. The average molecular weight is 373 g/mol. The van der Waals surface area contributed by atoms with Gasteiger partial charge in [0.2, 0.25) is 5.91 Å². The summed E-state index contributed by atoms with van der Waals surface area (Å²) >= 11 is 0. The van der Waals surface area contributed by atoms with Gasteiger partial charge >= 0.3 is 6.18 Å². The molecule has 2 aliphatic rings. The maximum absolute atomic E-state index is 12.6. The van der Waals surface area contributed by atoms with Gasteiger partial charge in [-0.2, -0.15) is 13.2 Å². The summed E-state index contributed by atoms with van der Waals surface area (Å²) < 4.78 is 48.7. The van der Waals surface area contributed by atoms with Crippen molar-refractivity contribution >= 4 is 11.7 Å². The Balaban J connectivity index is 1.51. The third-order valence-corrected chi connectivity index (χ3v) is 4.58. The molecule has 0 radical (unpaired) electrons. The number of aromatic nitrogens is 1. The molecular weight excluding hydrogens is 351 g/mol. The van der Waals surface area contributed by atoms with E-state index >= 15 is 0 Å². The molecule has 144 valence electrons. The molecule has 1 atom stereocenters. The van der Waals surface area contributed by atoms with E-state index in [9.17, 15) is 18.0 Å². The lowest BCUT2D eigenvalue weighted by Gasteiger charge is -2.23. The Bertz CT molecular complexity index is 604. The molecule has 1 aromatic heterocycles. The highest BCUT2D eigenvalue weighted by atomic mass is 19.4. The molecular formula is C17H22F3N3O3. The van der Waals surface area contributed by atoms with Crippen LogP contribution >= 0.6 is 0 Å². The van der Waals surface area contributed by atoms with Gasteiger partial charge in [0.1, 0.15) is 12.4 Å². The van der Waals surface area contributed by atoms with Crippen molar-refractivity contribution in [2.75, 3.05) is 50.9 Å². The van der Waals surface area contributed by atoms with Crippen LogP contribution in [0.15, 0.2) is 18.3 Å². The Hall–Kier alpha value is -1.87. The topological polar surface area (TPSA) is 54.9 Å². The molecule has 0 bridgehead atoms. The van der Waals surface area contributed by atoms with Gasteiger partial charge in [-0.15, -0.1) is 0 Å². The monoisotopic (exact) mass is 373 g/mol. The first-order chi connectivity index (χ1) is 12.4. The second kappa shape index (κ2) is 8.22. The van der Waals surface area contributed by atoms with Gasteiger partial charge in [0.15, 0.2) is 0 Å². The van der Waals surface area contributed by atoms with Crippen LogP contribution in [-0.2, 0) is 20.4 Å². The molecule has 0 aromatic carbocycles. The van der Waals surface area contributed by atoms with Gasteiger partial charge in [0.25, 0.3) is 0 Å². The van der Waals surface area contributed by atoms with Gasteiger partial charge in [-0.25, -0.2) is 4.98 Å². The van der Waals surface area contributed by atoms with Gasteiger partial charge in [-0.05, 0) is 25.0 Å². The molecule has 0 N–H and O–H groups in total. The van der Waals surface area contributed by atoms with Gasteiger partial charge in [0, 0.05) is 39.0 Å². The predicted octanol–water partition coefficient (Wildman–Crippen LogP) is 1.94. The van der Waals surface area contributed by atoms with Gasteiger partial charge in [-0.3, -0.25) is 4.79 Å². The van der Waals surface area contributed by atoms with Crippen LogP contribution in [0.2, 0.25) is 0 Å². The number of alkyl halides is 3. The molecule has 26 heavy (non-hydrogen) atoms. The summed E-state index contributed by atoms with van der Waals surface area (Å²) in [6, 6.07) is 2.41. The summed E-state index contributed by atoms with van der Waals surface area (Å²) in [5, 5.41) is 0. The first kappa shape index (κ1) is 18.9. The first-order valence-electron chi connectivity index (χ1n) is 8.69. The molecule has 2 fully saturated rings. The zero-order valence-electron chi connectivity index (χ0n) is 14.4. The largest absolute Gasteiger partial charge is 0.417 e. The maximum atomic E-state index is 12.6. The number of amides is 1. The maximum Gasteiger partial charge on any atom is 0.417 e. The van der Waals surface area contributed by atoms with E-state index in [1.54, 1.807) is 4.90 Å². The molecule has 9 heteroatoms. The van der Waals surface area contributed by atoms with Crippen molar-refractivity contribution in [2.24, 2.45) is 0 Å². The lowest BCUT2D eigenvalue weighted by molar-refractivity contribution is -0.138. The lowest BCUT2D eigenvalue weighted by Crippen LogP contribution is -2.38. The van der Waals surface area contributed by atoms with E-state index in [0.29, 0.717) is 45.2 Å². The summed E-state index contributed by atoms with van der Waals surface area (Å²) in [5.41, 5.74) is -0.763. The molecule has 0 aliphatic carbocycles. The van der Waals surface area contributed by atoms with Crippen LogP contribution in [0.5, 0.6) is 0 Å². The zero-order valence-corrected chi connectivity index (χ0v) is 14.4. The Morgan fingerprint density at radius 3 is 2.77 bits per heavy atom. The highest BCUT2D eigenvalue weighted by Crippen LogP contribution is 2.29. The molecule has 2 saturated heterocycles. The average Bonchev–Trinajstić information content (AvgIpc) is 3.01. The fourth-order valence-electron chi connectivity index (χ4n) is 3.06. The molecule has 6 nitrogen and oxygen atoms in total. The SMILES string of the molecule is O=C(COC1CCOC1)N1CCCN(c2ccc(C(F)(F)F)cn2)CC1. The Morgan fingerprint density at radius 2 is 2.12 bits per heavy atom. The number of rotatable bonds is 4. The van der Waals surface area contributed by atoms with Gasteiger partial charge in [-0.1, -0.05) is 0 Å². The number of hydrogen-bond donors (Lipinski definition) is 0. The van der Waals surface area contributed by atoms with Crippen LogP contribution in [0.25, 0.3) is 0 Å². The van der Waals surface area contributed by atoms with E-state index in [2.05, 4.69) is 4.98 Å². The Morgan fingerprint density at radius 1 is 1.27 bits per heavy atom. The van der Waals surface area contributed by atoms with Crippen molar-refractivity contribution in [3.05, 3.63) is 23.9 Å². The third kappa shape index (κ3) is 4.85. The minimum absolute atomic E-state index is 0.0150. The Labute approximate surface area is 149 Å². The minimum Gasteiger partial charge on any atom is -0.379 e. The van der Waals surface area contributed by atoms with Crippen LogP contribution in [0, 0.1) is 0 Å². The number of ether oxygens (including phenoxy) is 2. The molecule has 3 heterocycles. The summed E-state index contributed by atoms with van der Waals surface area (Å²) in [6.07, 6.45) is -2.03. The van der Waals surface area contributed by atoms with Crippen LogP contribution < -0.4 is 4.90 Å². The molecule has 0 spiro atoms. The highest BCUT2D eigenvalue weighted by Gasteiger charge is 2.31. The standard InChI is InChI=1S/C17H22F3N3O3/c18-17(19,20)13-2-3-15(21-10-13)22-5-1-6-23(8-7-22)16(24)12-26-14-4-9-25-11-14/h2-3,10,14H,1,4-9,11-12H2. The van der Waals surface area contributed by atoms with Crippen LogP contribution in [0.1, 0.15) is 18.4 Å². The summed E-state index contributed by atoms with van der Waals surface area (Å²) in [5.74, 6) is 0.422. The van der Waals surface area contributed by atoms with Crippen LogP contribution in [0.4, 0.5) is 19.0 Å². The van der Waals surface area contributed by atoms with E-state index in [0.717, 1.165) is 25.1 Å². The zero-order chi connectivity index (χ0) is 18.6. The van der Waals surface area contributed by atoms with Crippen molar-refractivity contribution in [3.63, 3.8) is 0 Å². The summed E-state index contributed by atoms with van der Waals surface area (Å²) in [6.45, 7) is 3.48. The summed E-state index contributed by atoms with van der Waals surface area (Å²) in [4.78, 5) is 19.9. The minimum atomic E-state index is -4.39. The fourth-order valence-corrected chi connectivity index (χ4v) is 3.06. The molecule has 0 saturated carbocycles. The number of carbonyl (C=O) groups excluding carboxylic acids is 1. The molecule has 1 unspecified atom stereocenters.